The van der Waals surface area contributed by atoms with E-state index in [1.165, 1.54) is 18.1 Å². The van der Waals surface area contributed by atoms with Crippen LogP contribution in [0.4, 0.5) is 0 Å². The quantitative estimate of drug-likeness (QED) is 0.670. The van der Waals surface area contributed by atoms with Crippen molar-refractivity contribution in [2.45, 2.75) is 19.4 Å². The van der Waals surface area contributed by atoms with Crippen LogP contribution in [0.1, 0.15) is 28.2 Å². The summed E-state index contributed by atoms with van der Waals surface area (Å²) in [7, 11) is 1.94. The average molecular weight is 323 g/mol. The molecule has 0 spiro atoms. The Bertz CT molecular complexity index is 763. The van der Waals surface area contributed by atoms with Crippen molar-refractivity contribution in [1.29, 1.82) is 0 Å². The summed E-state index contributed by atoms with van der Waals surface area (Å²) in [6.45, 7) is 1.16. The molecule has 0 saturated heterocycles. The summed E-state index contributed by atoms with van der Waals surface area (Å²) in [5.74, 6) is 0.839. The van der Waals surface area contributed by atoms with Crippen LogP contribution in [0.2, 0.25) is 0 Å². The van der Waals surface area contributed by atoms with Crippen LogP contribution in [0.15, 0.2) is 65.7 Å². The van der Waals surface area contributed by atoms with Crippen LogP contribution in [0, 0.1) is 0 Å². The molecule has 1 aromatic carbocycles. The zero-order chi connectivity index (χ0) is 16.8. The summed E-state index contributed by atoms with van der Waals surface area (Å²) < 4.78 is 6.99. The highest BCUT2D eigenvalue weighted by molar-refractivity contribution is 5.93. The number of imidazole rings is 1. The van der Waals surface area contributed by atoms with Crippen molar-refractivity contribution in [3.8, 4) is 0 Å². The molecule has 3 aromatic rings. The molecule has 3 rings (SSSR count). The number of furan rings is 1. The number of amides is 1. The SMILES string of the molecule is Cn1ccnc1CN(CCCc1ccccc1)C(=O)c1ccoc1. The van der Waals surface area contributed by atoms with E-state index in [0.717, 1.165) is 18.7 Å². The van der Waals surface area contributed by atoms with Gasteiger partial charge >= 0.3 is 0 Å². The monoisotopic (exact) mass is 323 g/mol. The van der Waals surface area contributed by atoms with Crippen molar-refractivity contribution in [1.82, 2.24) is 14.5 Å². The first-order chi connectivity index (χ1) is 11.7. The Hall–Kier alpha value is -2.82. The van der Waals surface area contributed by atoms with Crippen LogP contribution in [0.3, 0.4) is 0 Å². The molecular weight excluding hydrogens is 302 g/mol. The van der Waals surface area contributed by atoms with Gasteiger partial charge in [-0.3, -0.25) is 4.79 Å². The van der Waals surface area contributed by atoms with Gasteiger partial charge in [0.05, 0.1) is 18.4 Å². The molecule has 0 bridgehead atoms. The van der Waals surface area contributed by atoms with Crippen molar-refractivity contribution >= 4 is 5.91 Å². The Kier molecular flexibility index (Phi) is 5.11. The summed E-state index contributed by atoms with van der Waals surface area (Å²) >= 11 is 0. The summed E-state index contributed by atoms with van der Waals surface area (Å²) in [5, 5.41) is 0. The smallest absolute Gasteiger partial charge is 0.257 e. The molecule has 124 valence electrons. The predicted octanol–water partition coefficient (Wildman–Crippen LogP) is 3.29. The number of rotatable bonds is 7. The largest absolute Gasteiger partial charge is 0.472 e. The van der Waals surface area contributed by atoms with Crippen molar-refractivity contribution in [2.24, 2.45) is 7.05 Å². The molecule has 24 heavy (non-hydrogen) atoms. The van der Waals surface area contributed by atoms with Gasteiger partial charge in [0, 0.05) is 26.0 Å². The highest BCUT2D eigenvalue weighted by atomic mass is 16.3. The molecule has 0 aliphatic carbocycles. The van der Waals surface area contributed by atoms with Gasteiger partial charge in [0.25, 0.3) is 5.91 Å². The van der Waals surface area contributed by atoms with E-state index in [4.69, 9.17) is 4.42 Å². The minimum atomic E-state index is -0.0280. The Morgan fingerprint density at radius 3 is 2.75 bits per heavy atom. The van der Waals surface area contributed by atoms with E-state index in [-0.39, 0.29) is 5.91 Å². The molecule has 0 aliphatic rings. The van der Waals surface area contributed by atoms with Crippen molar-refractivity contribution in [3.05, 3.63) is 78.3 Å². The Balaban J connectivity index is 1.67. The second-order valence-electron chi connectivity index (χ2n) is 5.78. The van der Waals surface area contributed by atoms with Gasteiger partial charge in [-0.2, -0.15) is 0 Å². The van der Waals surface area contributed by atoms with Gasteiger partial charge in [0.1, 0.15) is 12.1 Å². The van der Waals surface area contributed by atoms with Gasteiger partial charge in [-0.15, -0.1) is 0 Å². The number of hydrogen-bond acceptors (Lipinski definition) is 3. The molecule has 0 unspecified atom stereocenters. The normalized spacial score (nSPS) is 10.7. The van der Waals surface area contributed by atoms with Crippen LogP contribution >= 0.6 is 0 Å². The van der Waals surface area contributed by atoms with E-state index in [2.05, 4.69) is 17.1 Å². The molecule has 5 nitrogen and oxygen atoms in total. The average Bonchev–Trinajstić information content (AvgIpc) is 3.27. The number of benzene rings is 1. The van der Waals surface area contributed by atoms with E-state index in [9.17, 15) is 4.79 Å². The highest BCUT2D eigenvalue weighted by Gasteiger charge is 2.18. The number of nitrogens with zero attached hydrogens (tertiary/aromatic N) is 3. The lowest BCUT2D eigenvalue weighted by Gasteiger charge is -2.22. The molecule has 0 saturated carbocycles. The van der Waals surface area contributed by atoms with Crippen molar-refractivity contribution < 1.29 is 9.21 Å². The highest BCUT2D eigenvalue weighted by Crippen LogP contribution is 2.12. The minimum Gasteiger partial charge on any atom is -0.472 e. The maximum absolute atomic E-state index is 12.7. The van der Waals surface area contributed by atoms with Crippen LogP contribution in [-0.2, 0) is 20.0 Å². The van der Waals surface area contributed by atoms with Crippen LogP contribution in [0.5, 0.6) is 0 Å². The van der Waals surface area contributed by atoms with Gasteiger partial charge in [0.15, 0.2) is 0 Å². The number of carbonyl (C=O) groups is 1. The van der Waals surface area contributed by atoms with Gasteiger partial charge in [-0.25, -0.2) is 4.98 Å². The first-order valence-electron chi connectivity index (χ1n) is 8.05. The summed E-state index contributed by atoms with van der Waals surface area (Å²) in [6, 6.07) is 12.0. The van der Waals surface area contributed by atoms with Crippen LogP contribution < -0.4 is 0 Å². The topological polar surface area (TPSA) is 51.3 Å². The Labute approximate surface area is 141 Å². The Morgan fingerprint density at radius 2 is 2.08 bits per heavy atom. The number of carbonyl (C=O) groups excluding carboxylic acids is 1. The fourth-order valence-electron chi connectivity index (χ4n) is 2.66. The van der Waals surface area contributed by atoms with Gasteiger partial charge in [0.2, 0.25) is 0 Å². The molecule has 1 amide bonds. The third-order valence-corrected chi connectivity index (χ3v) is 4.04. The van der Waals surface area contributed by atoms with Crippen molar-refractivity contribution in [2.75, 3.05) is 6.54 Å². The fourth-order valence-corrected chi connectivity index (χ4v) is 2.66. The molecule has 0 atom stereocenters. The zero-order valence-electron chi connectivity index (χ0n) is 13.8. The van der Waals surface area contributed by atoms with E-state index in [1.54, 1.807) is 12.3 Å². The molecule has 0 N–H and O–H groups in total. The lowest BCUT2D eigenvalue weighted by Crippen LogP contribution is -2.32. The first-order valence-corrected chi connectivity index (χ1v) is 8.05. The fraction of sp³-hybridized carbons (Fsp3) is 0.263. The summed E-state index contributed by atoms with van der Waals surface area (Å²) in [6.07, 6.45) is 8.50. The second-order valence-corrected chi connectivity index (χ2v) is 5.78. The van der Waals surface area contributed by atoms with Crippen LogP contribution in [-0.4, -0.2) is 26.9 Å². The summed E-state index contributed by atoms with van der Waals surface area (Å²) in [4.78, 5) is 18.9. The van der Waals surface area contributed by atoms with Crippen molar-refractivity contribution in [3.63, 3.8) is 0 Å². The minimum absolute atomic E-state index is 0.0280. The number of aryl methyl sites for hydroxylation is 2. The first kappa shape index (κ1) is 16.1. The van der Waals surface area contributed by atoms with E-state index in [0.29, 0.717) is 18.7 Å². The third kappa shape index (κ3) is 3.93. The molecular formula is C19H21N3O2. The summed E-state index contributed by atoms with van der Waals surface area (Å²) in [5.41, 5.74) is 1.86. The van der Waals surface area contributed by atoms with E-state index < -0.39 is 0 Å². The van der Waals surface area contributed by atoms with Gasteiger partial charge < -0.3 is 13.9 Å². The maximum atomic E-state index is 12.7. The standard InChI is InChI=1S/C19H21N3O2/c1-21-12-10-20-18(21)14-22(19(23)17-9-13-24-15-17)11-5-8-16-6-3-2-4-7-16/h2-4,6-7,9-10,12-13,15H,5,8,11,14H2,1H3. The maximum Gasteiger partial charge on any atom is 0.257 e. The van der Waals surface area contributed by atoms with E-state index >= 15 is 0 Å². The lowest BCUT2D eigenvalue weighted by atomic mass is 10.1. The zero-order valence-corrected chi connectivity index (χ0v) is 13.8. The van der Waals surface area contributed by atoms with Crippen LogP contribution in [0.25, 0.3) is 0 Å². The molecule has 2 aromatic heterocycles. The molecule has 0 radical (unpaired) electrons. The molecule has 0 aliphatic heterocycles. The number of aromatic nitrogens is 2. The van der Waals surface area contributed by atoms with E-state index in [1.807, 2.05) is 40.9 Å². The molecule has 0 fully saturated rings. The molecule has 5 heteroatoms. The number of hydrogen-bond donors (Lipinski definition) is 0. The van der Waals surface area contributed by atoms with Gasteiger partial charge in [-0.05, 0) is 24.5 Å². The Morgan fingerprint density at radius 1 is 1.25 bits per heavy atom. The van der Waals surface area contributed by atoms with Gasteiger partial charge in [-0.1, -0.05) is 30.3 Å². The lowest BCUT2D eigenvalue weighted by molar-refractivity contribution is 0.0735. The molecule has 2 heterocycles. The third-order valence-electron chi connectivity index (χ3n) is 4.04. The second kappa shape index (κ2) is 7.64. The predicted molar refractivity (Wildman–Crippen MR) is 91.4 cm³/mol.